The number of piperidine rings is 1. The van der Waals surface area contributed by atoms with Crippen molar-refractivity contribution in [1.29, 1.82) is 0 Å². The molecule has 1 amide bonds. The van der Waals surface area contributed by atoms with E-state index in [0.29, 0.717) is 22.0 Å². The second-order valence-electron chi connectivity index (χ2n) is 6.49. The Labute approximate surface area is 114 Å². The van der Waals surface area contributed by atoms with Crippen LogP contribution in [0.4, 0.5) is 0 Å². The Bertz CT molecular complexity index is 333. The number of carbonyl (C=O) groups is 1. The third-order valence-corrected chi connectivity index (χ3v) is 6.58. The molecule has 3 fully saturated rings. The van der Waals surface area contributed by atoms with Gasteiger partial charge in [0.15, 0.2) is 0 Å². The summed E-state index contributed by atoms with van der Waals surface area (Å²) in [6.07, 6.45) is 6.06. The molecule has 18 heavy (non-hydrogen) atoms. The minimum atomic E-state index is 0.297. The zero-order valence-electron chi connectivity index (χ0n) is 11.3. The fourth-order valence-electron chi connectivity index (χ4n) is 3.57. The van der Waals surface area contributed by atoms with Crippen LogP contribution in [-0.4, -0.2) is 36.0 Å². The molecule has 1 spiro atoms. The number of hydrogen-bond donors (Lipinski definition) is 2. The van der Waals surface area contributed by atoms with E-state index in [9.17, 15) is 4.79 Å². The van der Waals surface area contributed by atoms with Gasteiger partial charge in [0.2, 0.25) is 5.91 Å². The molecule has 2 saturated heterocycles. The van der Waals surface area contributed by atoms with Crippen molar-refractivity contribution < 1.29 is 4.79 Å². The fourth-order valence-corrected chi connectivity index (χ4v) is 4.81. The molecule has 2 aliphatic heterocycles. The lowest BCUT2D eigenvalue weighted by molar-refractivity contribution is -0.123. The zero-order valence-corrected chi connectivity index (χ0v) is 12.1. The van der Waals surface area contributed by atoms with E-state index in [4.69, 9.17) is 0 Å². The third kappa shape index (κ3) is 2.42. The number of nitrogens with one attached hydrogen (secondary N) is 2. The highest BCUT2D eigenvalue weighted by molar-refractivity contribution is 8.00. The molecule has 2 N–H and O–H groups in total. The van der Waals surface area contributed by atoms with Gasteiger partial charge in [-0.15, -0.1) is 0 Å². The van der Waals surface area contributed by atoms with Crippen LogP contribution >= 0.6 is 11.8 Å². The van der Waals surface area contributed by atoms with Gasteiger partial charge in [-0.05, 0) is 63.3 Å². The molecular formula is C14H24N2OS. The monoisotopic (exact) mass is 268 g/mol. The second kappa shape index (κ2) is 4.71. The highest BCUT2D eigenvalue weighted by atomic mass is 32.2. The molecule has 4 heteroatoms. The summed E-state index contributed by atoms with van der Waals surface area (Å²) in [6, 6.07) is 0. The summed E-state index contributed by atoms with van der Waals surface area (Å²) in [6.45, 7) is 5.34. The normalized spacial score (nSPS) is 37.7. The Balaban J connectivity index is 1.48. The van der Waals surface area contributed by atoms with Crippen molar-refractivity contribution in [3.05, 3.63) is 0 Å². The first-order valence-corrected chi connectivity index (χ1v) is 8.25. The van der Waals surface area contributed by atoms with Crippen molar-refractivity contribution in [3.8, 4) is 0 Å². The van der Waals surface area contributed by atoms with Crippen LogP contribution in [0, 0.1) is 11.3 Å². The summed E-state index contributed by atoms with van der Waals surface area (Å²) in [5.74, 6) is 1.89. The van der Waals surface area contributed by atoms with E-state index in [1.54, 1.807) is 0 Å². The average Bonchev–Trinajstić information content (AvgIpc) is 2.88. The van der Waals surface area contributed by atoms with Crippen molar-refractivity contribution >= 4 is 17.7 Å². The van der Waals surface area contributed by atoms with Gasteiger partial charge >= 0.3 is 0 Å². The quantitative estimate of drug-likeness (QED) is 0.820. The summed E-state index contributed by atoms with van der Waals surface area (Å²) in [4.78, 5) is 12.2. The summed E-state index contributed by atoms with van der Waals surface area (Å²) in [5, 5.41) is 6.61. The molecular weight excluding hydrogens is 244 g/mol. The Hall–Kier alpha value is -0.220. The van der Waals surface area contributed by atoms with E-state index in [1.165, 1.54) is 31.4 Å². The van der Waals surface area contributed by atoms with Gasteiger partial charge in [0.05, 0.1) is 0 Å². The molecule has 3 aliphatic rings. The Kier molecular flexibility index (Phi) is 3.35. The number of carbonyl (C=O) groups excluding carboxylic acids is 1. The lowest BCUT2D eigenvalue weighted by Crippen LogP contribution is -2.39. The maximum Gasteiger partial charge on any atom is 0.223 e. The molecule has 0 radical (unpaired) electrons. The molecule has 3 nitrogen and oxygen atoms in total. The summed E-state index contributed by atoms with van der Waals surface area (Å²) >= 11 is 2.02. The molecule has 0 aromatic heterocycles. The average molecular weight is 268 g/mol. The first-order chi connectivity index (χ1) is 8.64. The first-order valence-electron chi connectivity index (χ1n) is 7.26. The van der Waals surface area contributed by atoms with Crippen molar-refractivity contribution in [3.63, 3.8) is 0 Å². The lowest BCUT2D eigenvalue weighted by atomic mass is 9.91. The van der Waals surface area contributed by atoms with Crippen LogP contribution in [0.1, 0.15) is 39.0 Å². The summed E-state index contributed by atoms with van der Waals surface area (Å²) < 4.78 is 0.297. The highest BCUT2D eigenvalue weighted by Crippen LogP contribution is 2.58. The molecule has 3 rings (SSSR count). The van der Waals surface area contributed by atoms with Gasteiger partial charge in [-0.1, -0.05) is 0 Å². The molecule has 0 aromatic carbocycles. The summed E-state index contributed by atoms with van der Waals surface area (Å²) in [5.41, 5.74) is 0.374. The maximum absolute atomic E-state index is 12.2. The molecule has 0 aromatic rings. The minimum absolute atomic E-state index is 0.297. The predicted molar refractivity (Wildman–Crippen MR) is 75.8 cm³/mol. The van der Waals surface area contributed by atoms with E-state index < -0.39 is 0 Å². The smallest absolute Gasteiger partial charge is 0.223 e. The molecule has 2 atom stereocenters. The van der Waals surface area contributed by atoms with Gasteiger partial charge in [0, 0.05) is 17.2 Å². The molecule has 1 saturated carbocycles. The van der Waals surface area contributed by atoms with Gasteiger partial charge < -0.3 is 10.6 Å². The van der Waals surface area contributed by atoms with Gasteiger partial charge in [0.1, 0.15) is 0 Å². The Morgan fingerprint density at radius 2 is 2.17 bits per heavy atom. The molecule has 2 unspecified atom stereocenters. The van der Waals surface area contributed by atoms with Crippen molar-refractivity contribution in [2.45, 2.75) is 43.8 Å². The molecule has 0 bridgehead atoms. The molecule has 1 aliphatic carbocycles. The zero-order chi connectivity index (χ0) is 12.6. The largest absolute Gasteiger partial charge is 0.354 e. The maximum atomic E-state index is 12.2. The van der Waals surface area contributed by atoms with E-state index >= 15 is 0 Å². The predicted octanol–water partition coefficient (Wildman–Crippen LogP) is 1.78. The van der Waals surface area contributed by atoms with E-state index in [-0.39, 0.29) is 0 Å². The van der Waals surface area contributed by atoms with Crippen LogP contribution in [0.25, 0.3) is 0 Å². The van der Waals surface area contributed by atoms with Crippen LogP contribution in [0.3, 0.4) is 0 Å². The molecule has 102 valence electrons. The Morgan fingerprint density at radius 3 is 2.83 bits per heavy atom. The lowest BCUT2D eigenvalue weighted by Gasteiger charge is -2.25. The number of amides is 1. The van der Waals surface area contributed by atoms with E-state index in [0.717, 1.165) is 26.1 Å². The third-order valence-electron chi connectivity index (χ3n) is 5.04. The Morgan fingerprint density at radius 1 is 1.39 bits per heavy atom. The van der Waals surface area contributed by atoms with Gasteiger partial charge in [-0.25, -0.2) is 0 Å². The highest BCUT2D eigenvalue weighted by Gasteiger charge is 2.57. The van der Waals surface area contributed by atoms with Gasteiger partial charge in [-0.2, -0.15) is 11.8 Å². The first kappa shape index (κ1) is 12.8. The van der Waals surface area contributed by atoms with Crippen LogP contribution in [0.2, 0.25) is 0 Å². The number of rotatable bonds is 3. The second-order valence-corrected chi connectivity index (χ2v) is 8.17. The summed E-state index contributed by atoms with van der Waals surface area (Å²) in [7, 11) is 0. The van der Waals surface area contributed by atoms with Crippen molar-refractivity contribution in [2.24, 2.45) is 11.3 Å². The number of hydrogen-bond acceptors (Lipinski definition) is 3. The van der Waals surface area contributed by atoms with Crippen LogP contribution in [-0.2, 0) is 4.79 Å². The molecule has 2 heterocycles. The van der Waals surface area contributed by atoms with Gasteiger partial charge in [0.25, 0.3) is 0 Å². The SMILES string of the molecule is CC1(CNC(=O)C2CC23CCNCC3)CCCS1. The standard InChI is InChI=1S/C14H24N2OS/c1-13(3-2-8-18-13)10-16-12(17)11-9-14(11)4-6-15-7-5-14/h11,15H,2-10H2,1H3,(H,16,17). The van der Waals surface area contributed by atoms with E-state index in [1.807, 2.05) is 11.8 Å². The van der Waals surface area contributed by atoms with Gasteiger partial charge in [-0.3, -0.25) is 4.79 Å². The van der Waals surface area contributed by atoms with Crippen LogP contribution in [0.15, 0.2) is 0 Å². The van der Waals surface area contributed by atoms with Crippen LogP contribution < -0.4 is 10.6 Å². The van der Waals surface area contributed by atoms with E-state index in [2.05, 4.69) is 17.6 Å². The minimum Gasteiger partial charge on any atom is -0.354 e. The van der Waals surface area contributed by atoms with Crippen molar-refractivity contribution in [1.82, 2.24) is 10.6 Å². The van der Waals surface area contributed by atoms with Crippen molar-refractivity contribution in [2.75, 3.05) is 25.4 Å². The number of thioether (sulfide) groups is 1. The van der Waals surface area contributed by atoms with Crippen LogP contribution in [0.5, 0.6) is 0 Å². The topological polar surface area (TPSA) is 41.1 Å². The fraction of sp³-hybridized carbons (Fsp3) is 0.929.